The number of ether oxygens (including phenoxy) is 2. The summed E-state index contributed by atoms with van der Waals surface area (Å²) >= 11 is 0. The van der Waals surface area contributed by atoms with Crippen molar-refractivity contribution in [1.29, 1.82) is 0 Å². The first-order valence-electron chi connectivity index (χ1n) is 13.3. The predicted molar refractivity (Wildman–Crippen MR) is 144 cm³/mol. The molecule has 1 aromatic heterocycles. The van der Waals surface area contributed by atoms with Crippen LogP contribution in [0.5, 0.6) is 5.75 Å². The molecular formula is C28H34N6O5. The molecule has 1 saturated carbocycles. The first kappa shape index (κ1) is 26.5. The Bertz CT molecular complexity index is 1290. The summed E-state index contributed by atoms with van der Waals surface area (Å²) in [5.41, 5.74) is 7.16. The van der Waals surface area contributed by atoms with Gasteiger partial charge in [0.05, 0.1) is 17.4 Å². The number of nitrogens with one attached hydrogen (secondary N) is 1. The monoisotopic (exact) mass is 534 g/mol. The molecule has 0 atom stereocenters. The lowest BCUT2D eigenvalue weighted by Crippen LogP contribution is -2.48. The molecule has 2 aromatic rings. The number of anilines is 1. The summed E-state index contributed by atoms with van der Waals surface area (Å²) in [6.07, 6.45) is 7.15. The number of nitrogens with two attached hydrogens (primary N) is 1. The van der Waals surface area contributed by atoms with E-state index in [1.54, 1.807) is 23.1 Å². The van der Waals surface area contributed by atoms with Gasteiger partial charge in [-0.2, -0.15) is 0 Å². The highest BCUT2D eigenvalue weighted by Crippen LogP contribution is 2.39. The standard InChI is InChI=1S/C28H34N6O5/c1-28(2,3)39-27(37)33-11-7-18(8-12-33)34-16-17-13-22(23(38-19-5-6-19)14-20(17)26(34)36)32-25(35)21(15-29)24-30-9-4-10-31-24/h4,9-10,13-15,18-19H,5-8,11-12,16,29H2,1-3H3,(H,32,35). The molecule has 39 heavy (non-hydrogen) atoms. The van der Waals surface area contributed by atoms with Crippen LogP contribution in [-0.2, 0) is 16.1 Å². The SMILES string of the molecule is CC(C)(C)OC(=O)N1CCC(N2Cc3cc(NC(=O)C(=CN)c4ncccn4)c(OC4CC4)cc3C2=O)CC1. The molecule has 5 rings (SSSR count). The van der Waals surface area contributed by atoms with E-state index in [1.807, 2.05) is 25.7 Å². The minimum absolute atomic E-state index is 0.00330. The van der Waals surface area contributed by atoms with E-state index < -0.39 is 11.5 Å². The average Bonchev–Trinajstić information content (AvgIpc) is 3.66. The van der Waals surface area contributed by atoms with Crippen molar-refractivity contribution in [3.63, 3.8) is 0 Å². The van der Waals surface area contributed by atoms with Crippen LogP contribution in [-0.4, -0.2) is 68.5 Å². The quantitative estimate of drug-likeness (QED) is 0.538. The average molecular weight is 535 g/mol. The highest BCUT2D eigenvalue weighted by molar-refractivity contribution is 6.24. The highest BCUT2D eigenvalue weighted by Gasteiger charge is 2.37. The van der Waals surface area contributed by atoms with Crippen molar-refractivity contribution in [2.24, 2.45) is 5.73 Å². The number of aromatic nitrogens is 2. The molecule has 1 saturated heterocycles. The molecule has 2 aliphatic heterocycles. The van der Waals surface area contributed by atoms with Crippen molar-refractivity contribution in [3.8, 4) is 5.75 Å². The zero-order valence-corrected chi connectivity index (χ0v) is 22.5. The number of fused-ring (bicyclic) bond motifs is 1. The maximum Gasteiger partial charge on any atom is 0.410 e. The number of nitrogens with zero attached hydrogens (tertiary/aromatic N) is 4. The van der Waals surface area contributed by atoms with E-state index in [0.29, 0.717) is 49.5 Å². The Labute approximate surface area is 227 Å². The molecule has 2 fully saturated rings. The number of carbonyl (C=O) groups is 3. The van der Waals surface area contributed by atoms with Crippen LogP contribution in [0.3, 0.4) is 0 Å². The number of hydrogen-bond donors (Lipinski definition) is 2. The minimum Gasteiger partial charge on any atom is -0.488 e. The van der Waals surface area contributed by atoms with Gasteiger partial charge in [-0.05, 0) is 70.2 Å². The summed E-state index contributed by atoms with van der Waals surface area (Å²) in [6.45, 7) is 6.99. The fourth-order valence-corrected chi connectivity index (χ4v) is 4.79. The van der Waals surface area contributed by atoms with Crippen molar-refractivity contribution < 1.29 is 23.9 Å². The zero-order chi connectivity index (χ0) is 27.7. The number of carbonyl (C=O) groups excluding carboxylic acids is 3. The van der Waals surface area contributed by atoms with Crippen LogP contribution in [0, 0.1) is 0 Å². The van der Waals surface area contributed by atoms with Gasteiger partial charge < -0.3 is 30.3 Å². The fraction of sp³-hybridized carbons (Fsp3) is 0.464. The first-order valence-corrected chi connectivity index (χ1v) is 13.3. The summed E-state index contributed by atoms with van der Waals surface area (Å²) in [7, 11) is 0. The second kappa shape index (κ2) is 10.5. The molecule has 206 valence electrons. The van der Waals surface area contributed by atoms with Gasteiger partial charge in [0.1, 0.15) is 11.4 Å². The number of benzene rings is 1. The predicted octanol–water partition coefficient (Wildman–Crippen LogP) is 3.31. The molecule has 11 heteroatoms. The zero-order valence-electron chi connectivity index (χ0n) is 22.5. The van der Waals surface area contributed by atoms with Crippen LogP contribution in [0.2, 0.25) is 0 Å². The second-order valence-electron chi connectivity index (χ2n) is 11.1. The highest BCUT2D eigenvalue weighted by atomic mass is 16.6. The Kier molecular flexibility index (Phi) is 7.16. The van der Waals surface area contributed by atoms with E-state index in [4.69, 9.17) is 15.2 Å². The van der Waals surface area contributed by atoms with Crippen molar-refractivity contribution in [3.05, 3.63) is 53.7 Å². The Morgan fingerprint density at radius 2 is 1.79 bits per heavy atom. The van der Waals surface area contributed by atoms with Gasteiger partial charge in [-0.15, -0.1) is 0 Å². The summed E-state index contributed by atoms with van der Waals surface area (Å²) in [6, 6.07) is 5.18. The summed E-state index contributed by atoms with van der Waals surface area (Å²) < 4.78 is 11.6. The Balaban J connectivity index is 1.31. The van der Waals surface area contributed by atoms with Crippen molar-refractivity contribution in [2.75, 3.05) is 18.4 Å². The molecular weight excluding hydrogens is 500 g/mol. The van der Waals surface area contributed by atoms with Crippen LogP contribution in [0.1, 0.15) is 68.2 Å². The van der Waals surface area contributed by atoms with Gasteiger partial charge in [-0.1, -0.05) is 0 Å². The smallest absolute Gasteiger partial charge is 0.410 e. The molecule has 1 aromatic carbocycles. The number of rotatable bonds is 6. The Morgan fingerprint density at radius 1 is 1.10 bits per heavy atom. The third kappa shape index (κ3) is 5.97. The maximum absolute atomic E-state index is 13.5. The topological polar surface area (TPSA) is 140 Å². The van der Waals surface area contributed by atoms with Gasteiger partial charge >= 0.3 is 6.09 Å². The minimum atomic E-state index is -0.553. The summed E-state index contributed by atoms with van der Waals surface area (Å²) in [5.74, 6) is 0.117. The molecule has 0 bridgehead atoms. The molecule has 3 N–H and O–H groups in total. The fourth-order valence-electron chi connectivity index (χ4n) is 4.79. The maximum atomic E-state index is 13.5. The van der Waals surface area contributed by atoms with E-state index in [1.165, 1.54) is 18.6 Å². The number of piperidine rings is 1. The van der Waals surface area contributed by atoms with E-state index in [2.05, 4.69) is 15.3 Å². The lowest BCUT2D eigenvalue weighted by atomic mass is 10.0. The van der Waals surface area contributed by atoms with Gasteiger partial charge in [0.25, 0.3) is 11.8 Å². The Hall–Kier alpha value is -4.15. The third-order valence-corrected chi connectivity index (χ3v) is 6.88. The van der Waals surface area contributed by atoms with Gasteiger partial charge in [0, 0.05) is 49.8 Å². The summed E-state index contributed by atoms with van der Waals surface area (Å²) in [5, 5.41) is 2.89. The Morgan fingerprint density at radius 3 is 2.41 bits per heavy atom. The van der Waals surface area contributed by atoms with Gasteiger partial charge in [-0.25, -0.2) is 14.8 Å². The largest absolute Gasteiger partial charge is 0.488 e. The third-order valence-electron chi connectivity index (χ3n) is 6.88. The van der Waals surface area contributed by atoms with E-state index >= 15 is 0 Å². The van der Waals surface area contributed by atoms with Gasteiger partial charge in [0.15, 0.2) is 5.82 Å². The first-order chi connectivity index (χ1) is 18.6. The van der Waals surface area contributed by atoms with Crippen LogP contribution in [0.25, 0.3) is 5.57 Å². The molecule has 0 radical (unpaired) electrons. The summed E-state index contributed by atoms with van der Waals surface area (Å²) in [4.78, 5) is 50.8. The van der Waals surface area contributed by atoms with Crippen LogP contribution >= 0.6 is 0 Å². The normalized spacial score (nSPS) is 18.1. The number of likely N-dealkylation sites (tertiary alicyclic amines) is 1. The van der Waals surface area contributed by atoms with E-state index in [-0.39, 0.29) is 35.5 Å². The van der Waals surface area contributed by atoms with E-state index in [9.17, 15) is 14.4 Å². The van der Waals surface area contributed by atoms with Crippen molar-refractivity contribution in [1.82, 2.24) is 19.8 Å². The van der Waals surface area contributed by atoms with Crippen molar-refractivity contribution in [2.45, 2.75) is 70.7 Å². The molecule has 0 unspecified atom stereocenters. The molecule has 11 nitrogen and oxygen atoms in total. The number of hydrogen-bond acceptors (Lipinski definition) is 8. The lowest BCUT2D eigenvalue weighted by Gasteiger charge is -2.37. The molecule has 0 spiro atoms. The lowest BCUT2D eigenvalue weighted by molar-refractivity contribution is -0.111. The van der Waals surface area contributed by atoms with Gasteiger partial charge in [-0.3, -0.25) is 9.59 Å². The van der Waals surface area contributed by atoms with E-state index in [0.717, 1.165) is 18.4 Å². The second-order valence-corrected chi connectivity index (χ2v) is 11.1. The van der Waals surface area contributed by atoms with Crippen LogP contribution in [0.15, 0.2) is 36.8 Å². The van der Waals surface area contributed by atoms with Crippen molar-refractivity contribution >= 4 is 29.2 Å². The molecule has 3 aliphatic rings. The van der Waals surface area contributed by atoms with Crippen LogP contribution < -0.4 is 15.8 Å². The molecule has 1 aliphatic carbocycles. The number of amides is 3. The molecule has 3 amide bonds. The van der Waals surface area contributed by atoms with Gasteiger partial charge in [0.2, 0.25) is 0 Å². The van der Waals surface area contributed by atoms with Crippen LogP contribution in [0.4, 0.5) is 10.5 Å². The molecule has 3 heterocycles.